The number of ether oxygens (including phenoxy) is 1. The van der Waals surface area contributed by atoms with E-state index >= 15 is 0 Å². The van der Waals surface area contributed by atoms with Crippen LogP contribution in [0, 0.1) is 0 Å². The minimum Gasteiger partial charge on any atom is -0.454 e. The highest BCUT2D eigenvalue weighted by Crippen LogP contribution is 2.37. The highest BCUT2D eigenvalue weighted by atomic mass is 35.5. The molecule has 0 saturated heterocycles. The SMILES string of the molecule is CN(C)CCNC1=Nc2ccccc2Oc2ccc(Cl)cc21. The highest BCUT2D eigenvalue weighted by molar-refractivity contribution is 6.31. The Balaban J connectivity index is 2.00. The van der Waals surface area contributed by atoms with Gasteiger partial charge in [0.05, 0.1) is 5.56 Å². The Labute approximate surface area is 135 Å². The molecule has 22 heavy (non-hydrogen) atoms. The first-order chi connectivity index (χ1) is 10.6. The summed E-state index contributed by atoms with van der Waals surface area (Å²) < 4.78 is 5.99. The molecule has 0 saturated carbocycles. The summed E-state index contributed by atoms with van der Waals surface area (Å²) in [5.74, 6) is 2.28. The molecule has 0 aromatic heterocycles. The van der Waals surface area contributed by atoms with Gasteiger partial charge in [0.25, 0.3) is 0 Å². The van der Waals surface area contributed by atoms with Crippen molar-refractivity contribution in [2.45, 2.75) is 0 Å². The van der Waals surface area contributed by atoms with E-state index in [1.54, 1.807) is 0 Å². The Morgan fingerprint density at radius 3 is 2.77 bits per heavy atom. The van der Waals surface area contributed by atoms with Gasteiger partial charge in [-0.05, 0) is 44.4 Å². The maximum atomic E-state index is 6.14. The van der Waals surface area contributed by atoms with Gasteiger partial charge in [-0.25, -0.2) is 4.99 Å². The monoisotopic (exact) mass is 315 g/mol. The second kappa shape index (κ2) is 6.38. The molecule has 1 aliphatic rings. The number of amidine groups is 1. The van der Waals surface area contributed by atoms with E-state index in [2.05, 4.69) is 10.2 Å². The van der Waals surface area contributed by atoms with Crippen molar-refractivity contribution in [2.75, 3.05) is 27.2 Å². The van der Waals surface area contributed by atoms with Crippen LogP contribution in [-0.4, -0.2) is 37.9 Å². The molecule has 1 aliphatic heterocycles. The number of benzene rings is 2. The number of fused-ring (bicyclic) bond motifs is 2. The molecule has 0 fully saturated rings. The van der Waals surface area contributed by atoms with E-state index in [-0.39, 0.29) is 0 Å². The number of nitrogens with one attached hydrogen (secondary N) is 1. The first-order valence-electron chi connectivity index (χ1n) is 7.17. The van der Waals surface area contributed by atoms with Gasteiger partial charge in [-0.15, -0.1) is 0 Å². The molecule has 0 bridgehead atoms. The lowest BCUT2D eigenvalue weighted by Gasteiger charge is -2.14. The van der Waals surface area contributed by atoms with Gasteiger partial charge in [0.2, 0.25) is 0 Å². The normalized spacial score (nSPS) is 12.8. The van der Waals surface area contributed by atoms with Crippen LogP contribution in [0.15, 0.2) is 47.5 Å². The second-order valence-corrected chi connectivity index (χ2v) is 5.84. The third-order valence-corrected chi connectivity index (χ3v) is 3.60. The number of para-hydroxylation sites is 2. The lowest BCUT2D eigenvalue weighted by molar-refractivity contribution is 0.413. The molecule has 0 aliphatic carbocycles. The molecule has 0 spiro atoms. The Bertz CT molecular complexity index is 713. The highest BCUT2D eigenvalue weighted by Gasteiger charge is 2.18. The fourth-order valence-corrected chi connectivity index (χ4v) is 2.42. The molecular weight excluding hydrogens is 298 g/mol. The summed E-state index contributed by atoms with van der Waals surface area (Å²) in [6.45, 7) is 1.71. The minimum atomic E-state index is 0.662. The van der Waals surface area contributed by atoms with E-state index in [0.29, 0.717) is 5.02 Å². The van der Waals surface area contributed by atoms with E-state index in [0.717, 1.165) is 41.7 Å². The maximum absolute atomic E-state index is 6.14. The molecule has 0 amide bonds. The summed E-state index contributed by atoms with van der Waals surface area (Å²) in [6, 6.07) is 13.3. The van der Waals surface area contributed by atoms with Crippen molar-refractivity contribution in [3.63, 3.8) is 0 Å². The number of halogens is 1. The second-order valence-electron chi connectivity index (χ2n) is 5.40. The predicted octanol–water partition coefficient (Wildman–Crippen LogP) is 3.68. The van der Waals surface area contributed by atoms with Crippen molar-refractivity contribution in [2.24, 2.45) is 4.99 Å². The predicted molar refractivity (Wildman–Crippen MR) is 90.7 cm³/mol. The average molecular weight is 316 g/mol. The van der Waals surface area contributed by atoms with Gasteiger partial charge in [-0.2, -0.15) is 0 Å². The molecule has 0 atom stereocenters. The van der Waals surface area contributed by atoms with Crippen molar-refractivity contribution in [1.82, 2.24) is 10.2 Å². The first kappa shape index (κ1) is 14.9. The van der Waals surface area contributed by atoms with Gasteiger partial charge in [0.1, 0.15) is 17.3 Å². The quantitative estimate of drug-likeness (QED) is 0.939. The maximum Gasteiger partial charge on any atom is 0.153 e. The third kappa shape index (κ3) is 3.24. The zero-order valence-electron chi connectivity index (χ0n) is 12.6. The van der Waals surface area contributed by atoms with Gasteiger partial charge in [0.15, 0.2) is 5.75 Å². The van der Waals surface area contributed by atoms with Crippen molar-refractivity contribution in [3.8, 4) is 11.5 Å². The van der Waals surface area contributed by atoms with Crippen LogP contribution in [0.1, 0.15) is 5.56 Å². The molecule has 4 nitrogen and oxygen atoms in total. The average Bonchev–Trinajstić information content (AvgIpc) is 2.64. The minimum absolute atomic E-state index is 0.662. The van der Waals surface area contributed by atoms with E-state index in [1.807, 2.05) is 56.6 Å². The lowest BCUT2D eigenvalue weighted by Crippen LogP contribution is -2.31. The van der Waals surface area contributed by atoms with Gasteiger partial charge in [-0.1, -0.05) is 23.7 Å². The van der Waals surface area contributed by atoms with Gasteiger partial charge >= 0.3 is 0 Å². The Hall–Kier alpha value is -2.04. The van der Waals surface area contributed by atoms with Crippen molar-refractivity contribution in [3.05, 3.63) is 53.1 Å². The summed E-state index contributed by atoms with van der Waals surface area (Å²) in [7, 11) is 4.08. The van der Waals surface area contributed by atoms with Crippen LogP contribution < -0.4 is 10.1 Å². The fourth-order valence-electron chi connectivity index (χ4n) is 2.24. The molecule has 2 aromatic carbocycles. The van der Waals surface area contributed by atoms with Gasteiger partial charge in [0, 0.05) is 18.1 Å². The third-order valence-electron chi connectivity index (χ3n) is 3.37. The number of aliphatic imine (C=N–C) groups is 1. The van der Waals surface area contributed by atoms with Gasteiger partial charge < -0.3 is 15.0 Å². The van der Waals surface area contributed by atoms with E-state index < -0.39 is 0 Å². The van der Waals surface area contributed by atoms with Crippen LogP contribution in [-0.2, 0) is 0 Å². The Morgan fingerprint density at radius 1 is 1.14 bits per heavy atom. The largest absolute Gasteiger partial charge is 0.454 e. The van der Waals surface area contributed by atoms with Crippen LogP contribution in [0.2, 0.25) is 5.02 Å². The number of rotatable bonds is 3. The van der Waals surface area contributed by atoms with E-state index in [4.69, 9.17) is 21.3 Å². The molecule has 5 heteroatoms. The Kier molecular flexibility index (Phi) is 4.32. The molecule has 0 unspecified atom stereocenters. The Morgan fingerprint density at radius 2 is 1.95 bits per heavy atom. The summed E-state index contributed by atoms with van der Waals surface area (Å²) >= 11 is 6.14. The fraction of sp³-hybridized carbons (Fsp3) is 0.235. The summed E-state index contributed by atoms with van der Waals surface area (Å²) in [5.41, 5.74) is 1.68. The number of nitrogens with zero attached hydrogens (tertiary/aromatic N) is 2. The van der Waals surface area contributed by atoms with E-state index in [9.17, 15) is 0 Å². The summed E-state index contributed by atoms with van der Waals surface area (Å²) in [6.07, 6.45) is 0. The van der Waals surface area contributed by atoms with Crippen LogP contribution in [0.4, 0.5) is 5.69 Å². The first-order valence-corrected chi connectivity index (χ1v) is 7.55. The zero-order chi connectivity index (χ0) is 15.5. The number of likely N-dealkylation sites (N-methyl/N-ethyl adjacent to an activating group) is 1. The molecular formula is C17H18ClN3O. The van der Waals surface area contributed by atoms with E-state index in [1.165, 1.54) is 0 Å². The van der Waals surface area contributed by atoms with Crippen LogP contribution in [0.3, 0.4) is 0 Å². The molecule has 2 aromatic rings. The van der Waals surface area contributed by atoms with Crippen LogP contribution >= 0.6 is 11.6 Å². The van der Waals surface area contributed by atoms with Crippen LogP contribution in [0.5, 0.6) is 11.5 Å². The molecule has 1 heterocycles. The van der Waals surface area contributed by atoms with Crippen LogP contribution in [0.25, 0.3) is 0 Å². The van der Waals surface area contributed by atoms with Crippen molar-refractivity contribution >= 4 is 23.1 Å². The molecule has 3 rings (SSSR count). The lowest BCUT2D eigenvalue weighted by atomic mass is 10.2. The smallest absolute Gasteiger partial charge is 0.153 e. The van der Waals surface area contributed by atoms with Crippen molar-refractivity contribution in [1.29, 1.82) is 0 Å². The standard InChI is InChI=1S/C17H18ClN3O/c1-21(2)10-9-19-17-13-11-12(18)7-8-15(13)22-16-6-4-3-5-14(16)20-17/h3-8,11H,9-10H2,1-2H3,(H,19,20). The number of hydrogen-bond donors (Lipinski definition) is 1. The summed E-state index contributed by atoms with van der Waals surface area (Å²) in [4.78, 5) is 6.84. The molecule has 1 N–H and O–H groups in total. The van der Waals surface area contributed by atoms with Crippen molar-refractivity contribution < 1.29 is 4.74 Å². The number of hydrogen-bond acceptors (Lipinski definition) is 4. The topological polar surface area (TPSA) is 36.9 Å². The van der Waals surface area contributed by atoms with Gasteiger partial charge in [-0.3, -0.25) is 0 Å². The summed E-state index contributed by atoms with van der Waals surface area (Å²) in [5, 5.41) is 4.05. The zero-order valence-corrected chi connectivity index (χ0v) is 13.4. The molecule has 114 valence electrons. The molecule has 0 radical (unpaired) electrons.